The summed E-state index contributed by atoms with van der Waals surface area (Å²) in [5.41, 5.74) is 1.24. The number of unbranched alkanes of at least 4 members (excludes halogenated alkanes) is 24. The molecule has 234 valence electrons. The minimum Gasteiger partial charge on any atom is -0.354 e. The molecule has 3 nitrogen and oxygen atoms in total. The van der Waals surface area contributed by atoms with Gasteiger partial charge in [0.1, 0.15) is 0 Å². The molecule has 1 amide bonds. The molecule has 0 radical (unpaired) electrons. The third-order valence-electron chi connectivity index (χ3n) is 8.86. The number of hydrogen-bond acceptors (Lipinski definition) is 1. The van der Waals surface area contributed by atoms with E-state index in [2.05, 4.69) is 53.3 Å². The Morgan fingerprint density at radius 2 is 0.976 bits per heavy atom. The summed E-state index contributed by atoms with van der Waals surface area (Å²) in [6.07, 6.45) is 38.0. The van der Waals surface area contributed by atoms with Crippen LogP contribution in [0.4, 0.5) is 0 Å². The molecular weight excluding hydrogens is 500 g/mol. The van der Waals surface area contributed by atoms with Crippen molar-refractivity contribution in [2.45, 2.75) is 180 Å². The summed E-state index contributed by atoms with van der Waals surface area (Å²) in [6.45, 7) is 3.84. The molecule has 1 aromatic heterocycles. The van der Waals surface area contributed by atoms with Crippen LogP contribution >= 0.6 is 0 Å². The number of nitrogens with zero attached hydrogens (tertiary/aromatic N) is 1. The van der Waals surface area contributed by atoms with Gasteiger partial charge in [-0.05, 0) is 23.9 Å². The average molecular weight is 567 g/mol. The molecule has 0 saturated carbocycles. The van der Waals surface area contributed by atoms with Gasteiger partial charge in [0.05, 0.1) is 0 Å². The third kappa shape index (κ3) is 19.1. The van der Waals surface area contributed by atoms with Gasteiger partial charge in [-0.1, -0.05) is 179 Å². The molecule has 0 unspecified atom stereocenters. The van der Waals surface area contributed by atoms with Crippen LogP contribution in [0.15, 0.2) is 36.5 Å². The maximum absolute atomic E-state index is 12.1. The first kappa shape index (κ1) is 35.4. The third-order valence-corrected chi connectivity index (χ3v) is 8.86. The summed E-state index contributed by atoms with van der Waals surface area (Å²) < 4.78 is 2.22. The highest BCUT2D eigenvalue weighted by Gasteiger charge is 2.03. The molecule has 3 heteroatoms. The molecule has 1 heterocycles. The van der Waals surface area contributed by atoms with Gasteiger partial charge in [0.25, 0.3) is 0 Å². The van der Waals surface area contributed by atoms with E-state index in [9.17, 15) is 4.79 Å². The predicted octanol–water partition coefficient (Wildman–Crippen LogP) is 11.9. The topological polar surface area (TPSA) is 34.0 Å². The van der Waals surface area contributed by atoms with E-state index < -0.39 is 0 Å². The number of hydrogen-bond donors (Lipinski definition) is 1. The van der Waals surface area contributed by atoms with Crippen molar-refractivity contribution in [3.05, 3.63) is 36.5 Å². The molecule has 0 aliphatic rings. The smallest absolute Gasteiger partial charge is 0.220 e. The Bertz CT molecular complexity index is 857. The van der Waals surface area contributed by atoms with Crippen LogP contribution in [-0.2, 0) is 11.3 Å². The Hall–Kier alpha value is -1.77. The van der Waals surface area contributed by atoms with Gasteiger partial charge in [0.2, 0.25) is 5.91 Å². The molecular formula is C38H66N2O. The maximum atomic E-state index is 12.1. The fraction of sp³-hybridized carbons (Fsp3) is 0.763. The molecule has 0 bridgehead atoms. The lowest BCUT2D eigenvalue weighted by molar-refractivity contribution is -0.121. The molecule has 2 aromatic rings. The maximum Gasteiger partial charge on any atom is 0.220 e. The zero-order chi connectivity index (χ0) is 29.1. The highest BCUT2D eigenvalue weighted by Crippen LogP contribution is 2.17. The van der Waals surface area contributed by atoms with Gasteiger partial charge in [-0.15, -0.1) is 0 Å². The fourth-order valence-corrected chi connectivity index (χ4v) is 6.16. The van der Waals surface area contributed by atoms with Gasteiger partial charge in [-0.25, -0.2) is 0 Å². The van der Waals surface area contributed by atoms with Crippen molar-refractivity contribution in [2.24, 2.45) is 0 Å². The number of para-hydroxylation sites is 1. The molecule has 2 rings (SSSR count). The molecule has 0 saturated heterocycles. The molecule has 0 fully saturated rings. The van der Waals surface area contributed by atoms with E-state index in [1.807, 2.05) is 0 Å². The monoisotopic (exact) mass is 567 g/mol. The SMILES string of the molecule is CCCCCCCCCCCCCCCCCCCCCCCCCCCC(=O)NCCn1ccc2ccccc21. The minimum atomic E-state index is 0.204. The van der Waals surface area contributed by atoms with E-state index >= 15 is 0 Å². The molecule has 0 spiro atoms. The van der Waals surface area contributed by atoms with Crippen molar-refractivity contribution >= 4 is 16.8 Å². The minimum absolute atomic E-state index is 0.204. The quantitative estimate of drug-likeness (QED) is 0.0976. The fourth-order valence-electron chi connectivity index (χ4n) is 6.16. The van der Waals surface area contributed by atoms with Gasteiger partial charge in [0, 0.05) is 31.2 Å². The summed E-state index contributed by atoms with van der Waals surface area (Å²) in [5, 5.41) is 4.35. The van der Waals surface area contributed by atoms with Gasteiger partial charge in [0.15, 0.2) is 0 Å². The number of benzene rings is 1. The van der Waals surface area contributed by atoms with Crippen molar-refractivity contribution < 1.29 is 4.79 Å². The van der Waals surface area contributed by atoms with Crippen LogP contribution in [0.3, 0.4) is 0 Å². The second-order valence-corrected chi connectivity index (χ2v) is 12.7. The summed E-state index contributed by atoms with van der Waals surface area (Å²) in [6, 6.07) is 10.5. The molecule has 1 aromatic carbocycles. The highest BCUT2D eigenvalue weighted by molar-refractivity contribution is 5.80. The van der Waals surface area contributed by atoms with Crippen molar-refractivity contribution in [2.75, 3.05) is 6.54 Å². The number of rotatable bonds is 29. The summed E-state index contributed by atoms with van der Waals surface area (Å²) in [7, 11) is 0. The number of aromatic nitrogens is 1. The van der Waals surface area contributed by atoms with Crippen LogP contribution in [-0.4, -0.2) is 17.0 Å². The van der Waals surface area contributed by atoms with E-state index in [4.69, 9.17) is 0 Å². The van der Waals surface area contributed by atoms with Crippen LogP contribution in [0, 0.1) is 0 Å². The number of nitrogens with one attached hydrogen (secondary N) is 1. The number of fused-ring (bicyclic) bond motifs is 1. The average Bonchev–Trinajstić information content (AvgIpc) is 3.40. The van der Waals surface area contributed by atoms with Gasteiger partial charge in [-0.2, -0.15) is 0 Å². The molecule has 1 N–H and O–H groups in total. The number of carbonyl (C=O) groups excluding carboxylic acids is 1. The molecule has 41 heavy (non-hydrogen) atoms. The molecule has 0 aliphatic heterocycles. The predicted molar refractivity (Wildman–Crippen MR) is 181 cm³/mol. The number of amides is 1. The Morgan fingerprint density at radius 3 is 1.44 bits per heavy atom. The second kappa shape index (κ2) is 25.9. The lowest BCUT2D eigenvalue weighted by Gasteiger charge is -2.08. The first-order valence-electron chi connectivity index (χ1n) is 18.1. The zero-order valence-corrected chi connectivity index (χ0v) is 27.1. The largest absolute Gasteiger partial charge is 0.354 e. The number of carbonyl (C=O) groups is 1. The van der Waals surface area contributed by atoms with E-state index in [0.717, 1.165) is 13.0 Å². The Morgan fingerprint density at radius 1 is 0.561 bits per heavy atom. The highest BCUT2D eigenvalue weighted by atomic mass is 16.1. The Kier molecular flexibility index (Phi) is 22.4. The van der Waals surface area contributed by atoms with Gasteiger partial charge in [-0.3, -0.25) is 4.79 Å². The summed E-state index contributed by atoms with van der Waals surface area (Å²) >= 11 is 0. The lowest BCUT2D eigenvalue weighted by Crippen LogP contribution is -2.26. The van der Waals surface area contributed by atoms with E-state index in [1.54, 1.807) is 0 Å². The zero-order valence-electron chi connectivity index (χ0n) is 27.1. The summed E-state index contributed by atoms with van der Waals surface area (Å²) in [4.78, 5) is 12.1. The van der Waals surface area contributed by atoms with Crippen LogP contribution in [0.25, 0.3) is 10.9 Å². The normalized spacial score (nSPS) is 11.4. The van der Waals surface area contributed by atoms with Crippen LogP contribution in [0.5, 0.6) is 0 Å². The van der Waals surface area contributed by atoms with Crippen LogP contribution in [0.2, 0.25) is 0 Å². The van der Waals surface area contributed by atoms with Crippen LogP contribution in [0.1, 0.15) is 174 Å². The first-order valence-corrected chi connectivity index (χ1v) is 18.1. The van der Waals surface area contributed by atoms with E-state index in [0.29, 0.717) is 13.0 Å². The lowest BCUT2D eigenvalue weighted by atomic mass is 10.0. The van der Waals surface area contributed by atoms with Gasteiger partial charge < -0.3 is 9.88 Å². The van der Waals surface area contributed by atoms with E-state index in [1.165, 1.54) is 165 Å². The molecule has 0 aliphatic carbocycles. The van der Waals surface area contributed by atoms with Crippen molar-refractivity contribution in [3.63, 3.8) is 0 Å². The van der Waals surface area contributed by atoms with Gasteiger partial charge >= 0.3 is 0 Å². The van der Waals surface area contributed by atoms with Crippen LogP contribution < -0.4 is 5.32 Å². The van der Waals surface area contributed by atoms with Crippen molar-refractivity contribution in [1.82, 2.24) is 9.88 Å². The molecule has 0 atom stereocenters. The van der Waals surface area contributed by atoms with Crippen molar-refractivity contribution in [3.8, 4) is 0 Å². The second-order valence-electron chi connectivity index (χ2n) is 12.7. The first-order chi connectivity index (χ1) is 20.3. The standard InChI is InChI=1S/C38H66N2O/c1-2-3-4-5-6-7-8-9-10-11-12-13-14-15-16-17-18-19-20-21-22-23-24-25-26-31-38(41)39-33-35-40-34-32-36-29-27-28-30-37(36)40/h27-30,32,34H,2-26,31,33,35H2,1H3,(H,39,41). The Labute approximate surface area is 254 Å². The Balaban J connectivity index is 1.22. The summed E-state index contributed by atoms with van der Waals surface area (Å²) in [5.74, 6) is 0.204. The van der Waals surface area contributed by atoms with E-state index in [-0.39, 0.29) is 5.91 Å². The van der Waals surface area contributed by atoms with Crippen molar-refractivity contribution in [1.29, 1.82) is 0 Å².